The first-order valence-electron chi connectivity index (χ1n) is 6.40. The van der Waals surface area contributed by atoms with Crippen LogP contribution < -0.4 is 10.5 Å². The maximum atomic E-state index is 6.15. The average molecular weight is 251 g/mol. The summed E-state index contributed by atoms with van der Waals surface area (Å²) in [4.78, 5) is 0. The first-order chi connectivity index (χ1) is 8.46. The van der Waals surface area contributed by atoms with Crippen molar-refractivity contribution in [2.24, 2.45) is 5.73 Å². The van der Waals surface area contributed by atoms with Crippen LogP contribution in [0.4, 0.5) is 0 Å². The Morgan fingerprint density at radius 3 is 2.28 bits per heavy atom. The third kappa shape index (κ3) is 5.07. The van der Waals surface area contributed by atoms with Crippen molar-refractivity contribution in [2.45, 2.75) is 44.8 Å². The zero-order valence-electron chi connectivity index (χ0n) is 11.9. The van der Waals surface area contributed by atoms with Gasteiger partial charge in [0.05, 0.1) is 12.7 Å². The minimum absolute atomic E-state index is 0.0858. The van der Waals surface area contributed by atoms with Crippen LogP contribution in [0.2, 0.25) is 0 Å². The molecule has 0 aliphatic carbocycles. The lowest BCUT2D eigenvalue weighted by Crippen LogP contribution is -2.29. The molecule has 0 aromatic heterocycles. The minimum Gasteiger partial charge on any atom is -0.497 e. The molecule has 0 heterocycles. The summed E-state index contributed by atoms with van der Waals surface area (Å²) in [5, 5.41) is 0. The van der Waals surface area contributed by atoms with Crippen molar-refractivity contribution in [2.75, 3.05) is 14.2 Å². The molecule has 0 amide bonds. The molecule has 1 rings (SSSR count). The van der Waals surface area contributed by atoms with E-state index in [1.54, 1.807) is 14.2 Å². The summed E-state index contributed by atoms with van der Waals surface area (Å²) in [5.74, 6) is 0.882. The molecule has 18 heavy (non-hydrogen) atoms. The van der Waals surface area contributed by atoms with Gasteiger partial charge in [0.1, 0.15) is 5.75 Å². The topological polar surface area (TPSA) is 44.5 Å². The van der Waals surface area contributed by atoms with Gasteiger partial charge in [-0.05, 0) is 50.8 Å². The first kappa shape index (κ1) is 15.0. The monoisotopic (exact) mass is 251 g/mol. The fourth-order valence-corrected chi connectivity index (χ4v) is 1.80. The van der Waals surface area contributed by atoms with E-state index >= 15 is 0 Å². The lowest BCUT2D eigenvalue weighted by molar-refractivity contribution is 0.0125. The third-order valence-electron chi connectivity index (χ3n) is 3.33. The Balaban J connectivity index is 2.41. The van der Waals surface area contributed by atoms with Gasteiger partial charge in [0.25, 0.3) is 0 Å². The quantitative estimate of drug-likeness (QED) is 0.810. The van der Waals surface area contributed by atoms with Gasteiger partial charge in [0.2, 0.25) is 0 Å². The molecule has 0 aliphatic heterocycles. The summed E-state index contributed by atoms with van der Waals surface area (Å²) in [7, 11) is 3.42. The van der Waals surface area contributed by atoms with Crippen LogP contribution in [0.5, 0.6) is 5.75 Å². The number of nitrogens with two attached hydrogens (primary N) is 1. The maximum absolute atomic E-state index is 6.15. The fourth-order valence-electron chi connectivity index (χ4n) is 1.80. The van der Waals surface area contributed by atoms with E-state index < -0.39 is 0 Å². The fraction of sp³-hybridized carbons (Fsp3) is 0.600. The molecule has 0 fully saturated rings. The molecular formula is C15H25NO2. The molecule has 3 heteroatoms. The van der Waals surface area contributed by atoms with E-state index in [0.717, 1.165) is 25.0 Å². The van der Waals surface area contributed by atoms with Crippen molar-refractivity contribution < 1.29 is 9.47 Å². The largest absolute Gasteiger partial charge is 0.497 e. The SMILES string of the molecule is COc1ccc(CC(N)CCC(C)(C)OC)cc1. The van der Waals surface area contributed by atoms with Crippen LogP contribution >= 0.6 is 0 Å². The smallest absolute Gasteiger partial charge is 0.118 e. The molecule has 2 N–H and O–H groups in total. The van der Waals surface area contributed by atoms with Crippen LogP contribution in [0.1, 0.15) is 32.3 Å². The van der Waals surface area contributed by atoms with Gasteiger partial charge in [-0.3, -0.25) is 0 Å². The summed E-state index contributed by atoms with van der Waals surface area (Å²) >= 11 is 0. The Morgan fingerprint density at radius 2 is 1.78 bits per heavy atom. The highest BCUT2D eigenvalue weighted by molar-refractivity contribution is 5.27. The summed E-state index contributed by atoms with van der Waals surface area (Å²) in [6.45, 7) is 4.18. The molecule has 0 radical (unpaired) electrons. The molecule has 0 saturated heterocycles. The van der Waals surface area contributed by atoms with Gasteiger partial charge < -0.3 is 15.2 Å². The standard InChI is InChI=1S/C15H25NO2/c1-15(2,18-4)10-9-13(16)11-12-5-7-14(17-3)8-6-12/h5-8,13H,9-11,16H2,1-4H3. The Bertz CT molecular complexity index is 346. The van der Waals surface area contributed by atoms with E-state index in [9.17, 15) is 0 Å². The van der Waals surface area contributed by atoms with E-state index in [4.69, 9.17) is 15.2 Å². The number of ether oxygens (including phenoxy) is 2. The second kappa shape index (κ2) is 6.76. The zero-order valence-corrected chi connectivity index (χ0v) is 11.9. The second-order valence-electron chi connectivity index (χ2n) is 5.31. The minimum atomic E-state index is -0.0858. The molecule has 0 bridgehead atoms. The zero-order chi connectivity index (χ0) is 13.6. The van der Waals surface area contributed by atoms with Gasteiger partial charge in [0, 0.05) is 13.2 Å². The van der Waals surface area contributed by atoms with Gasteiger partial charge >= 0.3 is 0 Å². The summed E-state index contributed by atoms with van der Waals surface area (Å²) in [6.07, 6.45) is 2.83. The lowest BCUT2D eigenvalue weighted by Gasteiger charge is -2.24. The number of methoxy groups -OCH3 is 2. The van der Waals surface area contributed by atoms with Crippen molar-refractivity contribution in [3.63, 3.8) is 0 Å². The Hall–Kier alpha value is -1.06. The third-order valence-corrected chi connectivity index (χ3v) is 3.33. The second-order valence-corrected chi connectivity index (χ2v) is 5.31. The molecule has 102 valence electrons. The van der Waals surface area contributed by atoms with Crippen LogP contribution in [0.25, 0.3) is 0 Å². The van der Waals surface area contributed by atoms with Crippen LogP contribution in [-0.4, -0.2) is 25.9 Å². The van der Waals surface area contributed by atoms with Crippen LogP contribution in [0.15, 0.2) is 24.3 Å². The Morgan fingerprint density at radius 1 is 1.17 bits per heavy atom. The number of hydrogen-bond donors (Lipinski definition) is 1. The van der Waals surface area contributed by atoms with Crippen molar-refractivity contribution in [3.05, 3.63) is 29.8 Å². The van der Waals surface area contributed by atoms with Crippen molar-refractivity contribution in [3.8, 4) is 5.75 Å². The van der Waals surface area contributed by atoms with Crippen molar-refractivity contribution in [1.29, 1.82) is 0 Å². The van der Waals surface area contributed by atoms with E-state index in [-0.39, 0.29) is 11.6 Å². The van der Waals surface area contributed by atoms with Gasteiger partial charge in [-0.2, -0.15) is 0 Å². The molecular weight excluding hydrogens is 226 g/mol. The summed E-state index contributed by atoms with van der Waals surface area (Å²) in [6, 6.07) is 8.26. The molecule has 0 saturated carbocycles. The Labute approximate surface area is 110 Å². The highest BCUT2D eigenvalue weighted by Crippen LogP contribution is 2.18. The van der Waals surface area contributed by atoms with Gasteiger partial charge in [-0.15, -0.1) is 0 Å². The molecule has 1 atom stereocenters. The van der Waals surface area contributed by atoms with Crippen molar-refractivity contribution in [1.82, 2.24) is 0 Å². The van der Waals surface area contributed by atoms with Crippen LogP contribution in [0, 0.1) is 0 Å². The highest BCUT2D eigenvalue weighted by atomic mass is 16.5. The Kier molecular flexibility index (Phi) is 5.63. The van der Waals surface area contributed by atoms with E-state index in [0.29, 0.717) is 0 Å². The molecule has 1 unspecified atom stereocenters. The van der Waals surface area contributed by atoms with Crippen LogP contribution in [-0.2, 0) is 11.2 Å². The van der Waals surface area contributed by atoms with E-state index in [1.807, 2.05) is 12.1 Å². The lowest BCUT2D eigenvalue weighted by atomic mass is 9.96. The molecule has 0 spiro atoms. The summed E-state index contributed by atoms with van der Waals surface area (Å²) < 4.78 is 10.5. The predicted molar refractivity (Wildman–Crippen MR) is 75.0 cm³/mol. The summed E-state index contributed by atoms with van der Waals surface area (Å²) in [5.41, 5.74) is 7.31. The molecule has 0 aliphatic rings. The maximum Gasteiger partial charge on any atom is 0.118 e. The average Bonchev–Trinajstić information content (AvgIpc) is 2.37. The van der Waals surface area contributed by atoms with E-state index in [1.165, 1.54) is 5.56 Å². The molecule has 3 nitrogen and oxygen atoms in total. The normalized spacial score (nSPS) is 13.4. The van der Waals surface area contributed by atoms with Gasteiger partial charge in [0.15, 0.2) is 0 Å². The van der Waals surface area contributed by atoms with Gasteiger partial charge in [-0.25, -0.2) is 0 Å². The number of benzene rings is 1. The first-order valence-corrected chi connectivity index (χ1v) is 6.40. The predicted octanol–water partition coefficient (Wildman–Crippen LogP) is 2.77. The number of hydrogen-bond acceptors (Lipinski definition) is 3. The highest BCUT2D eigenvalue weighted by Gasteiger charge is 2.17. The number of rotatable bonds is 7. The van der Waals surface area contributed by atoms with E-state index in [2.05, 4.69) is 26.0 Å². The molecule has 1 aromatic rings. The van der Waals surface area contributed by atoms with Crippen molar-refractivity contribution >= 4 is 0 Å². The van der Waals surface area contributed by atoms with Crippen LogP contribution in [0.3, 0.4) is 0 Å². The van der Waals surface area contributed by atoms with Gasteiger partial charge in [-0.1, -0.05) is 12.1 Å². The molecule has 1 aromatic carbocycles.